The lowest BCUT2D eigenvalue weighted by molar-refractivity contribution is -0.134. The van der Waals surface area contributed by atoms with Crippen molar-refractivity contribution >= 4 is 18.3 Å². The van der Waals surface area contributed by atoms with Crippen LogP contribution >= 0.6 is 12.4 Å². The van der Waals surface area contributed by atoms with E-state index in [0.717, 1.165) is 52.4 Å². The highest BCUT2D eigenvalue weighted by molar-refractivity contribution is 5.85. The molecule has 1 N–H and O–H groups in total. The van der Waals surface area contributed by atoms with Crippen LogP contribution in [0.25, 0.3) is 0 Å². The summed E-state index contributed by atoms with van der Waals surface area (Å²) in [6.45, 7) is 12.6. The van der Waals surface area contributed by atoms with E-state index in [2.05, 4.69) is 26.9 Å². The minimum absolute atomic E-state index is 0. The fourth-order valence-corrected chi connectivity index (χ4v) is 3.93. The van der Waals surface area contributed by atoms with E-state index in [1.807, 2.05) is 0 Å². The largest absolute Gasteiger partial charge is 0.339 e. The Morgan fingerprint density at radius 2 is 1.73 bits per heavy atom. The Morgan fingerprint density at radius 1 is 1.05 bits per heavy atom. The molecule has 3 aliphatic heterocycles. The molecule has 3 aliphatic rings. The number of nitrogens with one attached hydrogen (secondary N) is 1. The van der Waals surface area contributed by atoms with E-state index in [9.17, 15) is 4.79 Å². The van der Waals surface area contributed by atoms with E-state index in [1.54, 1.807) is 0 Å². The molecule has 0 radical (unpaired) electrons. The molecule has 0 aromatic rings. The Morgan fingerprint density at radius 3 is 2.32 bits per heavy atom. The van der Waals surface area contributed by atoms with Gasteiger partial charge in [-0.15, -0.1) is 12.4 Å². The van der Waals surface area contributed by atoms with Crippen LogP contribution in [0.2, 0.25) is 0 Å². The second-order valence-corrected chi connectivity index (χ2v) is 7.38. The number of hydrogen-bond acceptors (Lipinski definition) is 4. The molecule has 128 valence electrons. The summed E-state index contributed by atoms with van der Waals surface area (Å²) >= 11 is 0. The van der Waals surface area contributed by atoms with Gasteiger partial charge in [-0.3, -0.25) is 14.6 Å². The monoisotopic (exact) mass is 330 g/mol. The molecular weight excluding hydrogens is 300 g/mol. The van der Waals surface area contributed by atoms with Crippen molar-refractivity contribution in [3.63, 3.8) is 0 Å². The van der Waals surface area contributed by atoms with E-state index in [1.165, 1.54) is 25.8 Å². The molecular formula is C16H31ClN4O. The van der Waals surface area contributed by atoms with E-state index in [4.69, 9.17) is 0 Å². The van der Waals surface area contributed by atoms with Crippen molar-refractivity contribution in [3.05, 3.63) is 0 Å². The Hall–Kier alpha value is -0.360. The molecule has 3 rings (SSSR count). The second-order valence-electron chi connectivity index (χ2n) is 7.38. The molecule has 1 atom stereocenters. The smallest absolute Gasteiger partial charge is 0.236 e. The molecule has 5 nitrogen and oxygen atoms in total. The third-order valence-corrected chi connectivity index (χ3v) is 5.34. The maximum atomic E-state index is 12.3. The number of amides is 1. The maximum Gasteiger partial charge on any atom is 0.236 e. The first-order valence-electron chi connectivity index (χ1n) is 8.58. The van der Waals surface area contributed by atoms with Crippen LogP contribution in [-0.2, 0) is 4.79 Å². The third kappa shape index (κ3) is 4.57. The summed E-state index contributed by atoms with van der Waals surface area (Å²) in [7, 11) is 0. The third-order valence-electron chi connectivity index (χ3n) is 5.34. The van der Waals surface area contributed by atoms with Crippen LogP contribution in [0.5, 0.6) is 0 Å². The van der Waals surface area contributed by atoms with Crippen LogP contribution < -0.4 is 5.32 Å². The number of carbonyl (C=O) groups is 1. The normalized spacial score (nSPS) is 30.5. The predicted molar refractivity (Wildman–Crippen MR) is 91.5 cm³/mol. The van der Waals surface area contributed by atoms with E-state index >= 15 is 0 Å². The summed E-state index contributed by atoms with van der Waals surface area (Å²) in [5.41, 5.74) is 0.432. The summed E-state index contributed by atoms with van der Waals surface area (Å²) in [6.07, 6.45) is 3.79. The van der Waals surface area contributed by atoms with Crippen molar-refractivity contribution in [2.45, 2.75) is 26.2 Å². The van der Waals surface area contributed by atoms with Gasteiger partial charge in [-0.05, 0) is 44.3 Å². The minimum atomic E-state index is 0. The highest BCUT2D eigenvalue weighted by atomic mass is 35.5. The Bertz CT molecular complexity index is 359. The van der Waals surface area contributed by atoms with Gasteiger partial charge in [0.1, 0.15) is 0 Å². The van der Waals surface area contributed by atoms with Crippen molar-refractivity contribution in [3.8, 4) is 0 Å². The molecule has 0 bridgehead atoms. The van der Waals surface area contributed by atoms with Crippen LogP contribution in [0.4, 0.5) is 0 Å². The van der Waals surface area contributed by atoms with Crippen LogP contribution in [0.1, 0.15) is 26.2 Å². The van der Waals surface area contributed by atoms with Crippen LogP contribution in [0, 0.1) is 5.41 Å². The summed E-state index contributed by atoms with van der Waals surface area (Å²) < 4.78 is 0. The molecule has 3 heterocycles. The Labute approximate surface area is 140 Å². The molecule has 0 aromatic heterocycles. The second kappa shape index (κ2) is 7.95. The van der Waals surface area contributed by atoms with Crippen molar-refractivity contribution in [1.29, 1.82) is 0 Å². The molecule has 0 saturated carbocycles. The average molecular weight is 331 g/mol. The summed E-state index contributed by atoms with van der Waals surface area (Å²) in [6, 6.07) is 0. The molecule has 1 amide bonds. The highest BCUT2D eigenvalue weighted by Gasteiger charge is 2.32. The van der Waals surface area contributed by atoms with Crippen LogP contribution in [0.3, 0.4) is 0 Å². The number of halogens is 1. The first kappa shape index (κ1) is 18.0. The van der Waals surface area contributed by atoms with Gasteiger partial charge in [0.25, 0.3) is 0 Å². The SMILES string of the molecule is CC1(CN2CCN(C(=O)CN3CCCC3)CC2)CCNC1.Cl. The number of carbonyl (C=O) groups excluding carboxylic acids is 1. The number of nitrogens with zero attached hydrogens (tertiary/aromatic N) is 3. The van der Waals surface area contributed by atoms with Gasteiger partial charge >= 0.3 is 0 Å². The zero-order chi connectivity index (χ0) is 14.7. The molecule has 3 saturated heterocycles. The molecule has 22 heavy (non-hydrogen) atoms. The van der Waals surface area contributed by atoms with E-state index < -0.39 is 0 Å². The summed E-state index contributed by atoms with van der Waals surface area (Å²) in [5.74, 6) is 0.338. The summed E-state index contributed by atoms with van der Waals surface area (Å²) in [4.78, 5) is 19.3. The molecule has 1 unspecified atom stereocenters. The molecule has 3 fully saturated rings. The van der Waals surface area contributed by atoms with E-state index in [-0.39, 0.29) is 12.4 Å². The molecule has 6 heteroatoms. The van der Waals surface area contributed by atoms with Gasteiger partial charge in [-0.25, -0.2) is 0 Å². The van der Waals surface area contributed by atoms with Crippen molar-refractivity contribution in [2.75, 3.05) is 65.4 Å². The zero-order valence-corrected chi connectivity index (χ0v) is 14.7. The van der Waals surface area contributed by atoms with Gasteiger partial charge in [0.2, 0.25) is 5.91 Å². The van der Waals surface area contributed by atoms with Gasteiger partial charge < -0.3 is 10.2 Å². The predicted octanol–water partition coefficient (Wildman–Crippen LogP) is 0.648. The molecule has 0 spiro atoms. The van der Waals surface area contributed by atoms with Crippen molar-refractivity contribution < 1.29 is 4.79 Å². The van der Waals surface area contributed by atoms with Gasteiger partial charge in [-0.1, -0.05) is 6.92 Å². The number of rotatable bonds is 4. The van der Waals surface area contributed by atoms with Gasteiger partial charge in [-0.2, -0.15) is 0 Å². The quantitative estimate of drug-likeness (QED) is 0.821. The lowest BCUT2D eigenvalue weighted by Gasteiger charge is -2.39. The van der Waals surface area contributed by atoms with Crippen LogP contribution in [0.15, 0.2) is 0 Å². The first-order valence-corrected chi connectivity index (χ1v) is 8.58. The average Bonchev–Trinajstić information content (AvgIpc) is 3.11. The van der Waals surface area contributed by atoms with Gasteiger partial charge in [0, 0.05) is 39.3 Å². The lowest BCUT2D eigenvalue weighted by Crippen LogP contribution is -2.53. The highest BCUT2D eigenvalue weighted by Crippen LogP contribution is 2.26. The molecule has 0 aliphatic carbocycles. The fourth-order valence-electron chi connectivity index (χ4n) is 3.93. The topological polar surface area (TPSA) is 38.8 Å². The van der Waals surface area contributed by atoms with Crippen molar-refractivity contribution in [1.82, 2.24) is 20.0 Å². The van der Waals surface area contributed by atoms with Crippen LogP contribution in [-0.4, -0.2) is 86.1 Å². The minimum Gasteiger partial charge on any atom is -0.339 e. The standard InChI is InChI=1S/C16H30N4O.ClH/c1-16(4-5-17-13-16)14-19-8-10-20(11-9-19)15(21)12-18-6-2-3-7-18;/h17H,2-14H2,1H3;1H. The summed E-state index contributed by atoms with van der Waals surface area (Å²) in [5, 5.41) is 3.47. The first-order chi connectivity index (χ1) is 10.1. The molecule has 0 aromatic carbocycles. The maximum absolute atomic E-state index is 12.3. The van der Waals surface area contributed by atoms with E-state index in [0.29, 0.717) is 17.9 Å². The number of likely N-dealkylation sites (tertiary alicyclic amines) is 1. The van der Waals surface area contributed by atoms with Gasteiger partial charge in [0.05, 0.1) is 6.54 Å². The van der Waals surface area contributed by atoms with Gasteiger partial charge in [0.15, 0.2) is 0 Å². The Balaban J connectivity index is 0.00000176. The fraction of sp³-hybridized carbons (Fsp3) is 0.938. The number of piperazine rings is 1. The van der Waals surface area contributed by atoms with Crippen molar-refractivity contribution in [2.24, 2.45) is 5.41 Å². The Kier molecular flexibility index (Phi) is 6.50. The zero-order valence-electron chi connectivity index (χ0n) is 13.9. The number of hydrogen-bond donors (Lipinski definition) is 1. The lowest BCUT2D eigenvalue weighted by atomic mass is 9.89.